The van der Waals surface area contributed by atoms with Crippen LogP contribution in [0.4, 0.5) is 4.39 Å². The van der Waals surface area contributed by atoms with Crippen molar-refractivity contribution in [3.63, 3.8) is 0 Å². The summed E-state index contributed by atoms with van der Waals surface area (Å²) >= 11 is 2.55. The highest BCUT2D eigenvalue weighted by atomic mass is 32.2. The average Bonchev–Trinajstić information content (AvgIpc) is 2.47. The van der Waals surface area contributed by atoms with Gasteiger partial charge in [0.1, 0.15) is 4.88 Å². The molecular formula is C8H10FNO2S2. The van der Waals surface area contributed by atoms with Gasteiger partial charge in [0.25, 0.3) is 0 Å². The number of carbonyl (C=O) groups is 1. The van der Waals surface area contributed by atoms with Crippen molar-refractivity contribution in [1.29, 1.82) is 0 Å². The number of nitrogens with zero attached hydrogens (tertiary/aromatic N) is 1. The van der Waals surface area contributed by atoms with E-state index in [9.17, 15) is 9.18 Å². The van der Waals surface area contributed by atoms with Gasteiger partial charge in [0.05, 0.1) is 12.4 Å². The average molecular weight is 235 g/mol. The number of aryl methyl sites for hydroxylation is 1. The number of thioether (sulfide) groups is 1. The molecule has 0 atom stereocenters. The second kappa shape index (κ2) is 5.31. The standard InChI is InChI=1S/C8H10FNO2S2/c1-5-6(7(11)12)14-8(10-5)13-4-2-3-9/h2-4H2,1H3,(H,11,12). The Kier molecular flexibility index (Phi) is 4.34. The van der Waals surface area contributed by atoms with Crippen LogP contribution in [0.2, 0.25) is 0 Å². The van der Waals surface area contributed by atoms with Crippen LogP contribution in [0.3, 0.4) is 0 Å². The Morgan fingerprint density at radius 2 is 2.43 bits per heavy atom. The highest BCUT2D eigenvalue weighted by Gasteiger charge is 2.13. The maximum absolute atomic E-state index is 11.8. The van der Waals surface area contributed by atoms with Crippen LogP contribution in [-0.2, 0) is 0 Å². The van der Waals surface area contributed by atoms with E-state index in [2.05, 4.69) is 4.98 Å². The van der Waals surface area contributed by atoms with Crippen LogP contribution < -0.4 is 0 Å². The zero-order valence-corrected chi connectivity index (χ0v) is 9.25. The van der Waals surface area contributed by atoms with Crippen LogP contribution in [0.5, 0.6) is 0 Å². The van der Waals surface area contributed by atoms with Crippen molar-refractivity contribution in [2.75, 3.05) is 12.4 Å². The fourth-order valence-electron chi connectivity index (χ4n) is 0.846. The minimum absolute atomic E-state index is 0.271. The van der Waals surface area contributed by atoms with E-state index in [1.165, 1.54) is 11.8 Å². The molecular weight excluding hydrogens is 225 g/mol. The van der Waals surface area contributed by atoms with E-state index < -0.39 is 5.97 Å². The summed E-state index contributed by atoms with van der Waals surface area (Å²) in [6, 6.07) is 0. The second-order valence-electron chi connectivity index (χ2n) is 2.59. The minimum Gasteiger partial charge on any atom is -0.477 e. The first-order chi connectivity index (χ1) is 6.65. The minimum atomic E-state index is -0.947. The van der Waals surface area contributed by atoms with Crippen molar-refractivity contribution in [3.8, 4) is 0 Å². The number of thiazole rings is 1. The number of carboxylic acid groups (broad SMARTS) is 1. The molecule has 0 aliphatic rings. The molecule has 1 heterocycles. The van der Waals surface area contributed by atoms with Gasteiger partial charge in [0.2, 0.25) is 0 Å². The van der Waals surface area contributed by atoms with Gasteiger partial charge in [-0.05, 0) is 13.3 Å². The summed E-state index contributed by atoms with van der Waals surface area (Å²) in [6.45, 7) is 1.32. The van der Waals surface area contributed by atoms with E-state index in [0.717, 1.165) is 11.3 Å². The van der Waals surface area contributed by atoms with Crippen LogP contribution in [-0.4, -0.2) is 28.5 Å². The first-order valence-electron chi connectivity index (χ1n) is 4.04. The quantitative estimate of drug-likeness (QED) is 0.629. The lowest BCUT2D eigenvalue weighted by Gasteiger charge is -1.91. The van der Waals surface area contributed by atoms with Crippen molar-refractivity contribution in [2.45, 2.75) is 17.7 Å². The van der Waals surface area contributed by atoms with Gasteiger partial charge < -0.3 is 5.11 Å². The molecule has 14 heavy (non-hydrogen) atoms. The van der Waals surface area contributed by atoms with Crippen molar-refractivity contribution >= 4 is 29.1 Å². The number of hydrogen-bond donors (Lipinski definition) is 1. The van der Waals surface area contributed by atoms with Gasteiger partial charge in [-0.2, -0.15) is 0 Å². The molecule has 0 aliphatic carbocycles. The third kappa shape index (κ3) is 2.95. The van der Waals surface area contributed by atoms with Crippen LogP contribution in [0.25, 0.3) is 0 Å². The molecule has 1 rings (SSSR count). The molecule has 0 aliphatic heterocycles. The van der Waals surface area contributed by atoms with E-state index in [-0.39, 0.29) is 11.6 Å². The zero-order chi connectivity index (χ0) is 10.6. The largest absolute Gasteiger partial charge is 0.477 e. The summed E-state index contributed by atoms with van der Waals surface area (Å²) < 4.78 is 12.5. The summed E-state index contributed by atoms with van der Waals surface area (Å²) in [6.07, 6.45) is 0.478. The Hall–Kier alpha value is -0.620. The maximum Gasteiger partial charge on any atom is 0.347 e. The first-order valence-corrected chi connectivity index (χ1v) is 5.85. The lowest BCUT2D eigenvalue weighted by atomic mass is 10.4. The Morgan fingerprint density at radius 3 is 2.93 bits per heavy atom. The van der Waals surface area contributed by atoms with E-state index >= 15 is 0 Å². The molecule has 6 heteroatoms. The van der Waals surface area contributed by atoms with Crippen molar-refractivity contribution < 1.29 is 14.3 Å². The van der Waals surface area contributed by atoms with Gasteiger partial charge in [-0.3, -0.25) is 4.39 Å². The molecule has 0 bridgehead atoms. The van der Waals surface area contributed by atoms with Gasteiger partial charge in [-0.15, -0.1) is 11.3 Å². The summed E-state index contributed by atoms with van der Waals surface area (Å²) in [5.41, 5.74) is 0.533. The summed E-state index contributed by atoms with van der Waals surface area (Å²) in [5, 5.41) is 8.75. The number of alkyl halides is 1. The van der Waals surface area contributed by atoms with Gasteiger partial charge >= 0.3 is 5.97 Å². The Morgan fingerprint density at radius 1 is 1.71 bits per heavy atom. The Balaban J connectivity index is 2.62. The monoisotopic (exact) mass is 235 g/mol. The predicted molar refractivity (Wildman–Crippen MR) is 55.1 cm³/mol. The first kappa shape index (κ1) is 11.5. The molecule has 1 aromatic rings. The predicted octanol–water partition coefficient (Wildman–Crippen LogP) is 2.60. The molecule has 0 aromatic carbocycles. The number of hydrogen-bond acceptors (Lipinski definition) is 4. The third-order valence-electron chi connectivity index (χ3n) is 1.47. The highest BCUT2D eigenvalue weighted by molar-refractivity contribution is 8.01. The molecule has 78 valence electrons. The van der Waals surface area contributed by atoms with E-state index in [1.807, 2.05) is 0 Å². The summed E-state index contributed by atoms with van der Waals surface area (Å²) in [7, 11) is 0. The topological polar surface area (TPSA) is 50.2 Å². The molecule has 0 spiro atoms. The lowest BCUT2D eigenvalue weighted by Crippen LogP contribution is -1.94. The van der Waals surface area contributed by atoms with Crippen LogP contribution in [0, 0.1) is 6.92 Å². The third-order valence-corrected chi connectivity index (χ3v) is 3.85. The fourth-order valence-corrected chi connectivity index (χ4v) is 2.85. The fraction of sp³-hybridized carbons (Fsp3) is 0.500. The van der Waals surface area contributed by atoms with Crippen LogP contribution in [0.15, 0.2) is 4.34 Å². The number of halogens is 1. The molecule has 1 N–H and O–H groups in total. The Labute approximate surface area is 89.4 Å². The van der Waals surface area contributed by atoms with Crippen molar-refractivity contribution in [3.05, 3.63) is 10.6 Å². The maximum atomic E-state index is 11.8. The zero-order valence-electron chi connectivity index (χ0n) is 7.62. The van der Waals surface area contributed by atoms with Gasteiger partial charge in [-0.25, -0.2) is 9.78 Å². The smallest absolute Gasteiger partial charge is 0.347 e. The van der Waals surface area contributed by atoms with Gasteiger partial charge in [-0.1, -0.05) is 11.8 Å². The summed E-state index contributed by atoms with van der Waals surface area (Å²) in [4.78, 5) is 15.0. The molecule has 3 nitrogen and oxygen atoms in total. The molecule has 0 unspecified atom stereocenters. The molecule has 1 aromatic heterocycles. The summed E-state index contributed by atoms with van der Waals surface area (Å²) in [5.74, 6) is -0.306. The van der Waals surface area contributed by atoms with E-state index in [0.29, 0.717) is 22.2 Å². The molecule has 0 radical (unpaired) electrons. The molecule has 0 fully saturated rings. The second-order valence-corrected chi connectivity index (χ2v) is 4.93. The molecule has 0 saturated heterocycles. The lowest BCUT2D eigenvalue weighted by molar-refractivity contribution is 0.0701. The van der Waals surface area contributed by atoms with Crippen LogP contribution >= 0.6 is 23.1 Å². The SMILES string of the molecule is Cc1nc(SCCCF)sc1C(=O)O. The normalized spacial score (nSPS) is 10.4. The number of rotatable bonds is 5. The van der Waals surface area contributed by atoms with Crippen molar-refractivity contribution in [2.24, 2.45) is 0 Å². The van der Waals surface area contributed by atoms with Gasteiger partial charge in [0.15, 0.2) is 4.34 Å². The van der Waals surface area contributed by atoms with Crippen LogP contribution in [0.1, 0.15) is 21.8 Å². The number of aromatic carboxylic acids is 1. The molecule has 0 amide bonds. The number of aromatic nitrogens is 1. The Bertz CT molecular complexity index is 327. The number of carboxylic acids is 1. The highest BCUT2D eigenvalue weighted by Crippen LogP contribution is 2.27. The molecule has 0 saturated carbocycles. The van der Waals surface area contributed by atoms with Gasteiger partial charge in [0, 0.05) is 5.75 Å². The van der Waals surface area contributed by atoms with E-state index in [1.54, 1.807) is 6.92 Å². The van der Waals surface area contributed by atoms with Crippen molar-refractivity contribution in [1.82, 2.24) is 4.98 Å². The van der Waals surface area contributed by atoms with E-state index in [4.69, 9.17) is 5.11 Å².